The topological polar surface area (TPSA) is 83.3 Å². The van der Waals surface area contributed by atoms with E-state index < -0.39 is 10.1 Å². The molecular formula is C17H19N3O4S. The first-order chi connectivity index (χ1) is 11.9. The Hall–Kier alpha value is -2.45. The molecule has 0 saturated heterocycles. The maximum absolute atomic E-state index is 12.5. The molecule has 2 heterocycles. The summed E-state index contributed by atoms with van der Waals surface area (Å²) in [5.41, 5.74) is 2.38. The van der Waals surface area contributed by atoms with Crippen LogP contribution in [0.4, 0.5) is 0 Å². The first-order valence-corrected chi connectivity index (χ1v) is 9.13. The second-order valence-electron chi connectivity index (χ2n) is 5.68. The summed E-state index contributed by atoms with van der Waals surface area (Å²) in [6.07, 6.45) is 2.04. The van der Waals surface area contributed by atoms with Gasteiger partial charge in [0.25, 0.3) is 0 Å². The molecule has 25 heavy (non-hydrogen) atoms. The van der Waals surface area contributed by atoms with E-state index in [2.05, 4.69) is 10.1 Å². The SMILES string of the molecule is COCCc1ccc(OS(=O)(=O)c2cnc3c(c2)c(C)nn3C)cc1. The maximum Gasteiger partial charge on any atom is 0.340 e. The van der Waals surface area contributed by atoms with E-state index >= 15 is 0 Å². The second-order valence-corrected chi connectivity index (χ2v) is 7.22. The summed E-state index contributed by atoms with van der Waals surface area (Å²) in [6, 6.07) is 8.42. The molecular weight excluding hydrogens is 342 g/mol. The molecule has 7 nitrogen and oxygen atoms in total. The Labute approximate surface area is 146 Å². The minimum Gasteiger partial charge on any atom is -0.384 e. The van der Waals surface area contributed by atoms with Crippen LogP contribution < -0.4 is 4.18 Å². The number of aromatic nitrogens is 3. The molecule has 0 bridgehead atoms. The molecule has 0 saturated carbocycles. The Balaban J connectivity index is 1.85. The van der Waals surface area contributed by atoms with Crippen LogP contribution in [0.3, 0.4) is 0 Å². The largest absolute Gasteiger partial charge is 0.384 e. The number of aryl methyl sites for hydroxylation is 2. The molecule has 0 atom stereocenters. The van der Waals surface area contributed by atoms with Gasteiger partial charge in [0.05, 0.1) is 18.5 Å². The Morgan fingerprint density at radius 1 is 1.20 bits per heavy atom. The average Bonchev–Trinajstić information content (AvgIpc) is 2.88. The van der Waals surface area contributed by atoms with E-state index in [1.165, 1.54) is 12.3 Å². The monoisotopic (exact) mass is 361 g/mol. The molecule has 0 radical (unpaired) electrons. The summed E-state index contributed by atoms with van der Waals surface area (Å²) >= 11 is 0. The average molecular weight is 361 g/mol. The Kier molecular flexibility index (Phi) is 4.73. The fraction of sp³-hybridized carbons (Fsp3) is 0.294. The van der Waals surface area contributed by atoms with Crippen LogP contribution in [-0.4, -0.2) is 36.9 Å². The first kappa shape index (κ1) is 17.4. The highest BCUT2D eigenvalue weighted by molar-refractivity contribution is 7.87. The van der Waals surface area contributed by atoms with E-state index in [1.807, 2.05) is 12.1 Å². The van der Waals surface area contributed by atoms with E-state index in [1.54, 1.807) is 37.9 Å². The van der Waals surface area contributed by atoms with Crippen molar-refractivity contribution in [3.05, 3.63) is 47.8 Å². The zero-order valence-corrected chi connectivity index (χ0v) is 15.1. The molecule has 0 unspecified atom stereocenters. The third-order valence-corrected chi connectivity index (χ3v) is 5.06. The van der Waals surface area contributed by atoms with Gasteiger partial charge in [-0.1, -0.05) is 12.1 Å². The molecule has 1 aromatic carbocycles. The van der Waals surface area contributed by atoms with Crippen molar-refractivity contribution in [1.29, 1.82) is 0 Å². The van der Waals surface area contributed by atoms with Crippen LogP contribution in [0.2, 0.25) is 0 Å². The van der Waals surface area contributed by atoms with Gasteiger partial charge in [0.1, 0.15) is 10.6 Å². The zero-order valence-electron chi connectivity index (χ0n) is 14.3. The lowest BCUT2D eigenvalue weighted by Crippen LogP contribution is -2.10. The van der Waals surface area contributed by atoms with Gasteiger partial charge in [-0.2, -0.15) is 13.5 Å². The molecule has 0 N–H and O–H groups in total. The van der Waals surface area contributed by atoms with Crippen molar-refractivity contribution in [3.63, 3.8) is 0 Å². The van der Waals surface area contributed by atoms with Crippen LogP contribution in [0.15, 0.2) is 41.4 Å². The number of methoxy groups -OCH3 is 1. The predicted molar refractivity (Wildman–Crippen MR) is 93.1 cm³/mol. The smallest absolute Gasteiger partial charge is 0.340 e. The van der Waals surface area contributed by atoms with E-state index in [0.717, 1.165) is 12.0 Å². The van der Waals surface area contributed by atoms with E-state index in [9.17, 15) is 8.42 Å². The normalized spacial score (nSPS) is 11.8. The van der Waals surface area contributed by atoms with E-state index in [4.69, 9.17) is 8.92 Å². The number of hydrogen-bond acceptors (Lipinski definition) is 6. The highest BCUT2D eigenvalue weighted by atomic mass is 32.2. The zero-order chi connectivity index (χ0) is 18.0. The van der Waals surface area contributed by atoms with Crippen molar-refractivity contribution in [2.24, 2.45) is 7.05 Å². The van der Waals surface area contributed by atoms with Crippen molar-refractivity contribution < 1.29 is 17.3 Å². The predicted octanol–water partition coefficient (Wildman–Crippen LogP) is 2.23. The highest BCUT2D eigenvalue weighted by Gasteiger charge is 2.19. The standard InChI is InChI=1S/C17H19N3O4S/c1-12-16-10-15(11-18-17(16)20(2)19-12)25(21,22)24-14-6-4-13(5-7-14)8-9-23-3/h4-7,10-11H,8-9H2,1-3H3. The van der Waals surface area contributed by atoms with Crippen molar-refractivity contribution in [2.75, 3.05) is 13.7 Å². The van der Waals surface area contributed by atoms with Crippen LogP contribution in [0.5, 0.6) is 5.75 Å². The minimum absolute atomic E-state index is 0.000408. The van der Waals surface area contributed by atoms with Gasteiger partial charge in [0.15, 0.2) is 5.65 Å². The lowest BCUT2D eigenvalue weighted by molar-refractivity contribution is 0.202. The van der Waals surface area contributed by atoms with Crippen LogP contribution in [-0.2, 0) is 28.3 Å². The molecule has 3 aromatic rings. The van der Waals surface area contributed by atoms with Gasteiger partial charge in [0, 0.05) is 19.5 Å². The van der Waals surface area contributed by atoms with Gasteiger partial charge in [-0.3, -0.25) is 4.68 Å². The number of hydrogen-bond donors (Lipinski definition) is 0. The van der Waals surface area contributed by atoms with Gasteiger partial charge in [-0.15, -0.1) is 0 Å². The fourth-order valence-electron chi connectivity index (χ4n) is 2.53. The molecule has 3 rings (SSSR count). The molecule has 8 heteroatoms. The molecule has 132 valence electrons. The minimum atomic E-state index is -3.97. The number of ether oxygens (including phenoxy) is 1. The van der Waals surface area contributed by atoms with E-state index in [-0.39, 0.29) is 10.6 Å². The summed E-state index contributed by atoms with van der Waals surface area (Å²) in [6.45, 7) is 2.41. The Morgan fingerprint density at radius 2 is 1.92 bits per heavy atom. The van der Waals surface area contributed by atoms with Gasteiger partial charge in [-0.05, 0) is 37.1 Å². The van der Waals surface area contributed by atoms with Crippen molar-refractivity contribution >= 4 is 21.2 Å². The first-order valence-electron chi connectivity index (χ1n) is 7.72. The number of fused-ring (bicyclic) bond motifs is 1. The summed E-state index contributed by atoms with van der Waals surface area (Å²) < 4.78 is 36.9. The van der Waals surface area contributed by atoms with Gasteiger partial charge in [-0.25, -0.2) is 4.98 Å². The summed E-state index contributed by atoms with van der Waals surface area (Å²) in [7, 11) is -0.566. The van der Waals surface area contributed by atoms with Gasteiger partial charge >= 0.3 is 10.1 Å². The van der Waals surface area contributed by atoms with Crippen LogP contribution in [0.1, 0.15) is 11.3 Å². The number of nitrogens with zero attached hydrogens (tertiary/aromatic N) is 3. The quantitative estimate of drug-likeness (QED) is 0.626. The number of rotatable bonds is 6. The lowest BCUT2D eigenvalue weighted by Gasteiger charge is -2.08. The number of benzene rings is 1. The summed E-state index contributed by atoms with van der Waals surface area (Å²) in [4.78, 5) is 4.18. The third-order valence-electron chi connectivity index (χ3n) is 3.85. The molecule has 0 aliphatic carbocycles. The van der Waals surface area contributed by atoms with Crippen LogP contribution in [0, 0.1) is 6.92 Å². The highest BCUT2D eigenvalue weighted by Crippen LogP contribution is 2.23. The van der Waals surface area contributed by atoms with E-state index in [0.29, 0.717) is 23.3 Å². The lowest BCUT2D eigenvalue weighted by atomic mass is 10.1. The molecule has 0 spiro atoms. The van der Waals surface area contributed by atoms with Crippen molar-refractivity contribution in [1.82, 2.24) is 14.8 Å². The second kappa shape index (κ2) is 6.81. The molecule has 0 amide bonds. The van der Waals surface area contributed by atoms with Crippen LogP contribution in [0.25, 0.3) is 11.0 Å². The maximum atomic E-state index is 12.5. The molecule has 0 aliphatic rings. The summed E-state index contributed by atoms with van der Waals surface area (Å²) in [5.74, 6) is 0.254. The van der Waals surface area contributed by atoms with Gasteiger partial charge < -0.3 is 8.92 Å². The number of pyridine rings is 1. The Bertz CT molecular complexity index is 995. The third kappa shape index (κ3) is 3.64. The molecule has 0 fully saturated rings. The van der Waals surface area contributed by atoms with Gasteiger partial charge in [0.2, 0.25) is 0 Å². The molecule has 2 aromatic heterocycles. The van der Waals surface area contributed by atoms with Crippen LogP contribution >= 0.6 is 0 Å². The van der Waals surface area contributed by atoms with Crippen molar-refractivity contribution in [3.8, 4) is 5.75 Å². The summed E-state index contributed by atoms with van der Waals surface area (Å²) in [5, 5.41) is 4.92. The fourth-order valence-corrected chi connectivity index (χ4v) is 3.44. The Morgan fingerprint density at radius 3 is 2.60 bits per heavy atom. The van der Waals surface area contributed by atoms with Crippen molar-refractivity contribution in [2.45, 2.75) is 18.2 Å². The molecule has 0 aliphatic heterocycles.